The predicted octanol–water partition coefficient (Wildman–Crippen LogP) is 4.97. The lowest BCUT2D eigenvalue weighted by molar-refractivity contribution is 0.112. The number of rotatable bonds is 2. The van der Waals surface area contributed by atoms with Crippen LogP contribution in [0.1, 0.15) is 10.4 Å². The molecule has 0 aliphatic heterocycles. The van der Waals surface area contributed by atoms with Gasteiger partial charge in [0, 0.05) is 16.5 Å². The van der Waals surface area contributed by atoms with Crippen molar-refractivity contribution in [3.05, 3.63) is 71.2 Å². The normalized spacial score (nSPS) is 10.6. The minimum absolute atomic E-state index is 0.652. The van der Waals surface area contributed by atoms with Crippen molar-refractivity contribution in [3.8, 4) is 11.1 Å². The van der Waals surface area contributed by atoms with Gasteiger partial charge in [-0.05, 0) is 10.9 Å². The Bertz CT molecular complexity index is 762. The van der Waals surface area contributed by atoms with E-state index in [1.807, 2.05) is 54.6 Å². The quantitative estimate of drug-likeness (QED) is 0.598. The first-order chi connectivity index (χ1) is 9.31. The highest BCUT2D eigenvalue weighted by Gasteiger charge is 2.10. The number of hydrogen-bond donors (Lipinski definition) is 0. The second-order valence-corrected chi connectivity index (χ2v) is 4.73. The van der Waals surface area contributed by atoms with Crippen molar-refractivity contribution in [2.45, 2.75) is 0 Å². The van der Waals surface area contributed by atoms with Gasteiger partial charge in [-0.25, -0.2) is 0 Å². The summed E-state index contributed by atoms with van der Waals surface area (Å²) in [6.07, 6.45) is 0.862. The Morgan fingerprint density at radius 1 is 0.789 bits per heavy atom. The highest BCUT2D eigenvalue weighted by molar-refractivity contribution is 6.38. The summed E-state index contributed by atoms with van der Waals surface area (Å²) in [6, 6.07) is 19.4. The zero-order valence-corrected chi connectivity index (χ0v) is 10.9. The third-order valence-electron chi connectivity index (χ3n) is 3.24. The van der Waals surface area contributed by atoms with Crippen molar-refractivity contribution < 1.29 is 4.79 Å². The highest BCUT2D eigenvalue weighted by Crippen LogP contribution is 2.35. The maximum Gasteiger partial charge on any atom is 0.150 e. The number of fused-ring (bicyclic) bond motifs is 1. The van der Waals surface area contributed by atoms with Gasteiger partial charge in [0.25, 0.3) is 0 Å². The van der Waals surface area contributed by atoms with Gasteiger partial charge in [0.1, 0.15) is 0 Å². The van der Waals surface area contributed by atoms with Crippen molar-refractivity contribution in [3.63, 3.8) is 0 Å². The topological polar surface area (TPSA) is 17.1 Å². The molecule has 0 atom stereocenters. The molecule has 0 unspecified atom stereocenters. The molecule has 0 aliphatic carbocycles. The standard InChI is InChI=1S/C17H11ClO/c18-17-15-8-4-1-5-12(15)9-10-16(17)14-7-3-2-6-13(14)11-19/h1-11H. The molecule has 3 aromatic carbocycles. The van der Waals surface area contributed by atoms with Crippen LogP contribution in [-0.2, 0) is 0 Å². The lowest BCUT2D eigenvalue weighted by Gasteiger charge is -2.09. The molecule has 0 aromatic heterocycles. The van der Waals surface area contributed by atoms with Crippen LogP contribution in [0.25, 0.3) is 21.9 Å². The van der Waals surface area contributed by atoms with Crippen molar-refractivity contribution in [2.75, 3.05) is 0 Å². The van der Waals surface area contributed by atoms with Crippen LogP contribution < -0.4 is 0 Å². The van der Waals surface area contributed by atoms with Gasteiger partial charge in [-0.1, -0.05) is 72.3 Å². The van der Waals surface area contributed by atoms with E-state index < -0.39 is 0 Å². The van der Waals surface area contributed by atoms with Gasteiger partial charge in [0.2, 0.25) is 0 Å². The Kier molecular flexibility index (Phi) is 3.06. The van der Waals surface area contributed by atoms with Gasteiger partial charge >= 0.3 is 0 Å². The van der Waals surface area contributed by atoms with Crippen LogP contribution in [0, 0.1) is 0 Å². The van der Waals surface area contributed by atoms with Crippen molar-refractivity contribution >= 4 is 28.7 Å². The maximum absolute atomic E-state index is 11.1. The van der Waals surface area contributed by atoms with E-state index in [4.69, 9.17) is 11.6 Å². The molecule has 0 spiro atoms. The molecule has 0 amide bonds. The molecule has 0 saturated heterocycles. The average molecular weight is 267 g/mol. The van der Waals surface area contributed by atoms with Crippen LogP contribution >= 0.6 is 11.6 Å². The maximum atomic E-state index is 11.1. The number of carbonyl (C=O) groups is 1. The Balaban J connectivity index is 2.31. The number of benzene rings is 3. The zero-order valence-electron chi connectivity index (χ0n) is 10.1. The molecule has 1 nitrogen and oxygen atoms in total. The van der Waals surface area contributed by atoms with E-state index in [1.54, 1.807) is 6.07 Å². The van der Waals surface area contributed by atoms with Gasteiger partial charge in [-0.2, -0.15) is 0 Å². The summed E-state index contributed by atoms with van der Waals surface area (Å²) in [6.45, 7) is 0. The van der Waals surface area contributed by atoms with Gasteiger partial charge in [0.15, 0.2) is 6.29 Å². The highest BCUT2D eigenvalue weighted by atomic mass is 35.5. The fraction of sp³-hybridized carbons (Fsp3) is 0. The summed E-state index contributed by atoms with van der Waals surface area (Å²) in [5.41, 5.74) is 2.41. The van der Waals surface area contributed by atoms with Gasteiger partial charge in [-0.15, -0.1) is 0 Å². The minimum Gasteiger partial charge on any atom is -0.298 e. The lowest BCUT2D eigenvalue weighted by Crippen LogP contribution is -1.88. The Morgan fingerprint density at radius 2 is 1.53 bits per heavy atom. The summed E-state index contributed by atoms with van der Waals surface area (Å²) < 4.78 is 0. The molecular formula is C17H11ClO. The summed E-state index contributed by atoms with van der Waals surface area (Å²) >= 11 is 6.49. The Morgan fingerprint density at radius 3 is 2.37 bits per heavy atom. The fourth-order valence-corrected chi connectivity index (χ4v) is 2.62. The molecule has 3 aromatic rings. The molecule has 0 heterocycles. The molecule has 0 bridgehead atoms. The van der Waals surface area contributed by atoms with E-state index in [0.717, 1.165) is 28.2 Å². The molecule has 92 valence electrons. The van der Waals surface area contributed by atoms with Crippen LogP contribution in [0.4, 0.5) is 0 Å². The predicted molar refractivity (Wildman–Crippen MR) is 79.8 cm³/mol. The molecule has 3 rings (SSSR count). The van der Waals surface area contributed by atoms with E-state index >= 15 is 0 Å². The molecule has 2 heteroatoms. The van der Waals surface area contributed by atoms with Crippen LogP contribution in [0.2, 0.25) is 5.02 Å². The Hall–Kier alpha value is -2.12. The van der Waals surface area contributed by atoms with E-state index in [9.17, 15) is 4.79 Å². The fourth-order valence-electron chi connectivity index (χ4n) is 2.29. The first-order valence-electron chi connectivity index (χ1n) is 6.03. The second-order valence-electron chi connectivity index (χ2n) is 4.35. The third-order valence-corrected chi connectivity index (χ3v) is 3.65. The molecule has 19 heavy (non-hydrogen) atoms. The van der Waals surface area contributed by atoms with Crippen LogP contribution in [0.15, 0.2) is 60.7 Å². The molecular weight excluding hydrogens is 256 g/mol. The minimum atomic E-state index is 0.652. The second kappa shape index (κ2) is 4.87. The van der Waals surface area contributed by atoms with E-state index in [0.29, 0.717) is 10.6 Å². The van der Waals surface area contributed by atoms with E-state index in [2.05, 4.69) is 0 Å². The SMILES string of the molecule is O=Cc1ccccc1-c1ccc2ccccc2c1Cl. The molecule has 0 radical (unpaired) electrons. The van der Waals surface area contributed by atoms with Crippen molar-refractivity contribution in [1.29, 1.82) is 0 Å². The van der Waals surface area contributed by atoms with Crippen LogP contribution in [0.3, 0.4) is 0 Å². The number of hydrogen-bond acceptors (Lipinski definition) is 1. The van der Waals surface area contributed by atoms with Crippen LogP contribution in [0.5, 0.6) is 0 Å². The molecule has 0 saturated carbocycles. The van der Waals surface area contributed by atoms with Gasteiger partial charge in [-0.3, -0.25) is 4.79 Å². The smallest absolute Gasteiger partial charge is 0.150 e. The third kappa shape index (κ3) is 2.02. The zero-order chi connectivity index (χ0) is 13.2. The first-order valence-corrected chi connectivity index (χ1v) is 6.41. The number of halogens is 1. The van der Waals surface area contributed by atoms with E-state index in [-0.39, 0.29) is 0 Å². The molecule has 0 fully saturated rings. The lowest BCUT2D eigenvalue weighted by atomic mass is 9.97. The van der Waals surface area contributed by atoms with Gasteiger partial charge < -0.3 is 0 Å². The Labute approximate surface area is 116 Å². The van der Waals surface area contributed by atoms with E-state index in [1.165, 1.54) is 0 Å². The van der Waals surface area contributed by atoms with Gasteiger partial charge in [0.05, 0.1) is 5.02 Å². The van der Waals surface area contributed by atoms with Crippen molar-refractivity contribution in [2.24, 2.45) is 0 Å². The summed E-state index contributed by atoms with van der Waals surface area (Å²) in [5.74, 6) is 0. The molecule has 0 N–H and O–H groups in total. The summed E-state index contributed by atoms with van der Waals surface area (Å²) in [5, 5.41) is 2.79. The van der Waals surface area contributed by atoms with Crippen LogP contribution in [-0.4, -0.2) is 6.29 Å². The monoisotopic (exact) mass is 266 g/mol. The average Bonchev–Trinajstić information content (AvgIpc) is 2.48. The van der Waals surface area contributed by atoms with Crippen molar-refractivity contribution in [1.82, 2.24) is 0 Å². The summed E-state index contributed by atoms with van der Waals surface area (Å²) in [4.78, 5) is 11.1. The molecule has 0 aliphatic rings. The largest absolute Gasteiger partial charge is 0.298 e. The first kappa shape index (κ1) is 11.9. The number of carbonyl (C=O) groups excluding carboxylic acids is 1. The number of aldehydes is 1. The summed E-state index contributed by atoms with van der Waals surface area (Å²) in [7, 11) is 0.